The van der Waals surface area contributed by atoms with E-state index in [1.165, 1.54) is 23.5 Å². The fraction of sp³-hybridized carbons (Fsp3) is 0.421. The van der Waals surface area contributed by atoms with Crippen molar-refractivity contribution in [1.29, 1.82) is 21.0 Å². The first-order valence-electron chi connectivity index (χ1n) is 8.21. The highest BCUT2D eigenvalue weighted by Gasteiger charge is 2.79. The van der Waals surface area contributed by atoms with Crippen molar-refractivity contribution in [3.8, 4) is 24.3 Å². The minimum atomic E-state index is -2.14. The minimum absolute atomic E-state index is 0.0860. The first kappa shape index (κ1) is 19.1. The van der Waals surface area contributed by atoms with Gasteiger partial charge in [0.15, 0.2) is 5.41 Å². The Bertz CT molecular complexity index is 910. The van der Waals surface area contributed by atoms with Gasteiger partial charge in [0.1, 0.15) is 10.00 Å². The summed E-state index contributed by atoms with van der Waals surface area (Å²) in [5.41, 5.74) is -3.51. The van der Waals surface area contributed by atoms with E-state index >= 15 is 0 Å². The quantitative estimate of drug-likeness (QED) is 0.717. The number of hydrogen-bond acceptors (Lipinski definition) is 8. The van der Waals surface area contributed by atoms with E-state index in [-0.39, 0.29) is 6.61 Å². The number of nitriles is 4. The van der Waals surface area contributed by atoms with Crippen molar-refractivity contribution < 1.29 is 9.53 Å². The Morgan fingerprint density at radius 3 is 2.30 bits per heavy atom. The summed E-state index contributed by atoms with van der Waals surface area (Å²) in [6, 6.07) is 16.8. The number of rotatable bonds is 3. The van der Waals surface area contributed by atoms with Crippen LogP contribution in [-0.2, 0) is 13.6 Å². The number of hydrogen-bond donors (Lipinski definition) is 0. The Hall–Kier alpha value is -2.65. The molecule has 0 amide bonds. The second-order valence-corrected chi connectivity index (χ2v) is 9.13. The normalized spacial score (nSPS) is 29.4. The van der Waals surface area contributed by atoms with Crippen LogP contribution in [0.3, 0.4) is 0 Å². The standard InChI is InChI=1S/C19H14N4O2S2/c1-2-25-16(24)15-14-8-26-19(27-14,13-6-4-3-5-7-13)18(11-22,12-23)17(15,9-20)10-21/h3-7,14-15H,2,8H2,1H3. The number of carbonyl (C=O) groups excluding carboxylic acids is 1. The van der Waals surface area contributed by atoms with E-state index in [2.05, 4.69) is 0 Å². The smallest absolute Gasteiger partial charge is 0.312 e. The van der Waals surface area contributed by atoms with E-state index in [1.807, 2.05) is 30.3 Å². The van der Waals surface area contributed by atoms with Gasteiger partial charge in [-0.2, -0.15) is 21.0 Å². The van der Waals surface area contributed by atoms with Crippen molar-refractivity contribution >= 4 is 29.5 Å². The van der Waals surface area contributed by atoms with Crippen molar-refractivity contribution in [2.45, 2.75) is 16.3 Å². The summed E-state index contributed by atoms with van der Waals surface area (Å²) in [5, 5.41) is 40.0. The molecule has 0 aliphatic carbocycles. The summed E-state index contributed by atoms with van der Waals surface area (Å²) in [6.07, 6.45) is 0. The molecule has 2 bridgehead atoms. The predicted molar refractivity (Wildman–Crippen MR) is 99.4 cm³/mol. The van der Waals surface area contributed by atoms with Gasteiger partial charge in [-0.05, 0) is 12.5 Å². The molecule has 0 radical (unpaired) electrons. The van der Waals surface area contributed by atoms with E-state index in [1.54, 1.807) is 31.2 Å². The fourth-order valence-electron chi connectivity index (χ4n) is 3.88. The lowest BCUT2D eigenvalue weighted by Gasteiger charge is -2.50. The van der Waals surface area contributed by atoms with Crippen molar-refractivity contribution in [2.24, 2.45) is 16.7 Å². The topological polar surface area (TPSA) is 121 Å². The molecule has 1 aromatic rings. The predicted octanol–water partition coefficient (Wildman–Crippen LogP) is 2.95. The number of carbonyl (C=O) groups is 1. The van der Waals surface area contributed by atoms with E-state index in [0.29, 0.717) is 11.3 Å². The number of nitrogens with zero attached hydrogens (tertiary/aromatic N) is 4. The van der Waals surface area contributed by atoms with Gasteiger partial charge in [-0.25, -0.2) is 0 Å². The largest absolute Gasteiger partial charge is 0.466 e. The van der Waals surface area contributed by atoms with Gasteiger partial charge in [-0.1, -0.05) is 30.3 Å². The SMILES string of the molecule is CCOC(=O)C1C2CSC(c3ccccc3)(S2)C(C#N)(C#N)C1(C#N)C#N. The molecule has 2 aliphatic rings. The summed E-state index contributed by atoms with van der Waals surface area (Å²) in [6.45, 7) is 1.72. The Balaban J connectivity index is 2.35. The summed E-state index contributed by atoms with van der Waals surface area (Å²) in [7, 11) is 0. The van der Waals surface area contributed by atoms with Crippen LogP contribution in [0.4, 0.5) is 0 Å². The van der Waals surface area contributed by atoms with Crippen molar-refractivity contribution in [3.05, 3.63) is 35.9 Å². The van der Waals surface area contributed by atoms with Crippen LogP contribution in [0.1, 0.15) is 12.5 Å². The van der Waals surface area contributed by atoms with Gasteiger partial charge >= 0.3 is 5.97 Å². The maximum absolute atomic E-state index is 12.7. The molecule has 0 N–H and O–H groups in total. The molecule has 2 fully saturated rings. The maximum atomic E-state index is 12.7. The van der Waals surface area contributed by atoms with Gasteiger partial charge in [0.05, 0.1) is 30.9 Å². The monoisotopic (exact) mass is 394 g/mol. The number of esters is 1. The number of ether oxygens (including phenoxy) is 1. The van der Waals surface area contributed by atoms with Crippen LogP contribution < -0.4 is 0 Å². The molecule has 0 aromatic heterocycles. The number of thioether (sulfide) groups is 2. The first-order valence-corrected chi connectivity index (χ1v) is 10.1. The summed E-state index contributed by atoms with van der Waals surface area (Å²) in [5.74, 6) is -1.46. The lowest BCUT2D eigenvalue weighted by molar-refractivity contribution is -0.152. The van der Waals surface area contributed by atoms with Crippen LogP contribution in [0.2, 0.25) is 0 Å². The second-order valence-electron chi connectivity index (χ2n) is 6.18. The molecule has 1 aromatic carbocycles. The zero-order chi connectivity index (χ0) is 19.7. The molecule has 6 nitrogen and oxygen atoms in total. The number of benzene rings is 1. The third kappa shape index (κ3) is 2.21. The van der Waals surface area contributed by atoms with Crippen LogP contribution in [0.5, 0.6) is 0 Å². The van der Waals surface area contributed by atoms with Gasteiger partial charge < -0.3 is 4.74 Å². The molecule has 2 aliphatic heterocycles. The van der Waals surface area contributed by atoms with Gasteiger partial charge in [0, 0.05) is 11.0 Å². The van der Waals surface area contributed by atoms with E-state index in [0.717, 1.165) is 0 Å². The van der Waals surface area contributed by atoms with Crippen LogP contribution in [0.15, 0.2) is 30.3 Å². The number of fused-ring (bicyclic) bond motifs is 2. The Labute approximate surface area is 165 Å². The van der Waals surface area contributed by atoms with E-state index < -0.39 is 32.0 Å². The summed E-state index contributed by atoms with van der Waals surface area (Å²) < 4.78 is 3.99. The Morgan fingerprint density at radius 1 is 1.15 bits per heavy atom. The summed E-state index contributed by atoms with van der Waals surface area (Å²) >= 11 is 2.67. The maximum Gasteiger partial charge on any atom is 0.312 e. The van der Waals surface area contributed by atoms with Gasteiger partial charge in [0.25, 0.3) is 0 Å². The minimum Gasteiger partial charge on any atom is -0.466 e. The molecule has 3 rings (SSSR count). The van der Waals surface area contributed by atoms with Crippen LogP contribution >= 0.6 is 23.5 Å². The first-order chi connectivity index (χ1) is 13.0. The molecule has 134 valence electrons. The highest BCUT2D eigenvalue weighted by Crippen LogP contribution is 2.75. The fourth-order valence-corrected chi connectivity index (χ4v) is 8.14. The Kier molecular flexibility index (Phi) is 4.83. The van der Waals surface area contributed by atoms with Crippen molar-refractivity contribution in [3.63, 3.8) is 0 Å². The van der Waals surface area contributed by atoms with Crippen LogP contribution in [0.25, 0.3) is 0 Å². The highest BCUT2D eigenvalue weighted by atomic mass is 32.2. The average Bonchev–Trinajstić information content (AvgIpc) is 3.11. The molecule has 0 saturated carbocycles. The van der Waals surface area contributed by atoms with Gasteiger partial charge in [0.2, 0.25) is 5.41 Å². The zero-order valence-electron chi connectivity index (χ0n) is 14.4. The molecule has 3 unspecified atom stereocenters. The van der Waals surface area contributed by atoms with Crippen LogP contribution in [-0.4, -0.2) is 23.6 Å². The van der Waals surface area contributed by atoms with E-state index in [4.69, 9.17) is 4.74 Å². The highest BCUT2D eigenvalue weighted by molar-refractivity contribution is 8.21. The molecule has 2 heterocycles. The second kappa shape index (κ2) is 6.82. The molecule has 0 spiro atoms. The van der Waals surface area contributed by atoms with Crippen molar-refractivity contribution in [1.82, 2.24) is 0 Å². The molecular formula is C19H14N4O2S2. The van der Waals surface area contributed by atoms with Gasteiger partial charge in [-0.15, -0.1) is 23.5 Å². The van der Waals surface area contributed by atoms with Gasteiger partial charge in [-0.3, -0.25) is 4.79 Å². The molecule has 27 heavy (non-hydrogen) atoms. The van der Waals surface area contributed by atoms with Crippen molar-refractivity contribution in [2.75, 3.05) is 12.4 Å². The third-order valence-electron chi connectivity index (χ3n) is 5.07. The summed E-state index contributed by atoms with van der Waals surface area (Å²) in [4.78, 5) is 12.7. The van der Waals surface area contributed by atoms with Crippen LogP contribution in [0, 0.1) is 62.1 Å². The third-order valence-corrected chi connectivity index (χ3v) is 9.02. The molecule has 2 saturated heterocycles. The molecule has 3 atom stereocenters. The Morgan fingerprint density at radius 2 is 1.78 bits per heavy atom. The molecule has 8 heteroatoms. The van der Waals surface area contributed by atoms with E-state index in [9.17, 15) is 25.8 Å². The average molecular weight is 394 g/mol. The lowest BCUT2D eigenvalue weighted by Crippen LogP contribution is -2.60. The lowest BCUT2D eigenvalue weighted by atomic mass is 9.56. The molecular weight excluding hydrogens is 380 g/mol. The zero-order valence-corrected chi connectivity index (χ0v) is 16.0.